The number of aliphatic hydroxyl groups excluding tert-OH is 1. The zero-order chi connectivity index (χ0) is 19.1. The maximum atomic E-state index is 9.58. The number of nitrogens with zero attached hydrogens (tertiary/aromatic N) is 4. The molecule has 6 nitrogen and oxygen atoms in total. The number of anilines is 2. The Hall–Kier alpha value is -2.73. The number of hydrogen-bond donors (Lipinski definition) is 2. The number of aliphatic hydroxyl groups is 1. The van der Waals surface area contributed by atoms with Crippen molar-refractivity contribution in [3.63, 3.8) is 0 Å². The monoisotopic (exact) mass is 363 g/mol. The van der Waals surface area contributed by atoms with Gasteiger partial charge in [0.1, 0.15) is 5.82 Å². The first-order chi connectivity index (χ1) is 12.9. The van der Waals surface area contributed by atoms with Crippen molar-refractivity contribution in [2.75, 3.05) is 23.3 Å². The summed E-state index contributed by atoms with van der Waals surface area (Å²) in [7, 11) is 0. The highest BCUT2D eigenvalue weighted by molar-refractivity contribution is 5.94. The zero-order valence-corrected chi connectivity index (χ0v) is 16.2. The lowest BCUT2D eigenvalue weighted by atomic mass is 9.98. The molecule has 0 unspecified atom stereocenters. The summed E-state index contributed by atoms with van der Waals surface area (Å²) in [5, 5.41) is 23.9. The molecule has 4 rings (SSSR count). The van der Waals surface area contributed by atoms with E-state index in [1.54, 1.807) is 0 Å². The predicted octanol–water partition coefficient (Wildman–Crippen LogP) is 3.30. The van der Waals surface area contributed by atoms with Crippen molar-refractivity contribution in [1.29, 1.82) is 0 Å². The SMILES string of the molecule is Cc1cccc([C@@H](C)Nc2nnc(C)c3cnc(N4CC(O)C4)cc23)c1C. The second-order valence-electron chi connectivity index (χ2n) is 7.44. The van der Waals surface area contributed by atoms with Crippen LogP contribution in [-0.2, 0) is 0 Å². The van der Waals surface area contributed by atoms with Gasteiger partial charge in [0.25, 0.3) is 0 Å². The molecule has 6 heteroatoms. The molecule has 1 aliphatic heterocycles. The highest BCUT2D eigenvalue weighted by atomic mass is 16.3. The van der Waals surface area contributed by atoms with E-state index in [-0.39, 0.29) is 12.1 Å². The Balaban J connectivity index is 1.71. The first kappa shape index (κ1) is 17.7. The van der Waals surface area contributed by atoms with Gasteiger partial charge in [-0.3, -0.25) is 0 Å². The van der Waals surface area contributed by atoms with E-state index in [9.17, 15) is 5.11 Å². The van der Waals surface area contributed by atoms with E-state index in [0.717, 1.165) is 28.1 Å². The van der Waals surface area contributed by atoms with Crippen molar-refractivity contribution in [2.45, 2.75) is 39.8 Å². The largest absolute Gasteiger partial charge is 0.389 e. The molecule has 1 fully saturated rings. The van der Waals surface area contributed by atoms with Gasteiger partial charge in [0.05, 0.1) is 17.8 Å². The summed E-state index contributed by atoms with van der Waals surface area (Å²) >= 11 is 0. The van der Waals surface area contributed by atoms with E-state index in [1.165, 1.54) is 16.7 Å². The van der Waals surface area contributed by atoms with Gasteiger partial charge >= 0.3 is 0 Å². The van der Waals surface area contributed by atoms with Gasteiger partial charge in [-0.05, 0) is 50.5 Å². The van der Waals surface area contributed by atoms with E-state index in [4.69, 9.17) is 0 Å². The van der Waals surface area contributed by atoms with Crippen LogP contribution in [0.15, 0.2) is 30.5 Å². The van der Waals surface area contributed by atoms with Crippen molar-refractivity contribution in [1.82, 2.24) is 15.2 Å². The number of pyridine rings is 1. The predicted molar refractivity (Wildman–Crippen MR) is 108 cm³/mol. The standard InChI is InChI=1S/C21H25N5O/c1-12-6-5-7-17(13(12)2)14(3)23-21-18-8-20(26-10-16(27)11-26)22-9-19(18)15(4)24-25-21/h5-9,14,16,27H,10-11H2,1-4H3,(H,23,25)/t14-/m1/s1. The number of hydrogen-bond acceptors (Lipinski definition) is 6. The van der Waals surface area contributed by atoms with Gasteiger partial charge in [0, 0.05) is 30.1 Å². The molecule has 0 spiro atoms. The normalized spacial score (nSPS) is 15.7. The Kier molecular flexibility index (Phi) is 4.44. The molecule has 1 saturated heterocycles. The summed E-state index contributed by atoms with van der Waals surface area (Å²) in [6, 6.07) is 8.52. The molecule has 0 bridgehead atoms. The van der Waals surface area contributed by atoms with Gasteiger partial charge in [-0.2, -0.15) is 5.10 Å². The number of benzene rings is 1. The molecule has 2 aromatic heterocycles. The van der Waals surface area contributed by atoms with Crippen molar-refractivity contribution in [3.05, 3.63) is 52.8 Å². The number of nitrogens with one attached hydrogen (secondary N) is 1. The summed E-state index contributed by atoms with van der Waals surface area (Å²) in [6.07, 6.45) is 1.59. The van der Waals surface area contributed by atoms with E-state index in [0.29, 0.717) is 13.1 Å². The quantitative estimate of drug-likeness (QED) is 0.741. The Bertz CT molecular complexity index is 997. The summed E-state index contributed by atoms with van der Waals surface area (Å²) in [4.78, 5) is 6.61. The second-order valence-corrected chi connectivity index (χ2v) is 7.44. The Morgan fingerprint density at radius 3 is 2.67 bits per heavy atom. The fourth-order valence-electron chi connectivity index (χ4n) is 3.61. The maximum Gasteiger partial charge on any atom is 0.157 e. The third-order valence-electron chi connectivity index (χ3n) is 5.49. The molecule has 1 aromatic carbocycles. The molecule has 3 aromatic rings. The number of β-amino-alcohol motifs (C(OH)–C–C–N with tert-alkyl or cyclic N) is 1. The molecule has 1 aliphatic rings. The van der Waals surface area contributed by atoms with E-state index in [1.807, 2.05) is 19.2 Å². The van der Waals surface area contributed by atoms with Crippen LogP contribution < -0.4 is 10.2 Å². The molecular weight excluding hydrogens is 338 g/mol. The minimum atomic E-state index is -0.262. The number of aromatic nitrogens is 3. The average molecular weight is 363 g/mol. The number of aryl methyl sites for hydroxylation is 2. The van der Waals surface area contributed by atoms with Gasteiger partial charge in [0.15, 0.2) is 5.82 Å². The molecule has 140 valence electrons. The van der Waals surface area contributed by atoms with Crippen LogP contribution in [0.25, 0.3) is 10.8 Å². The Morgan fingerprint density at radius 1 is 1.15 bits per heavy atom. The molecule has 2 N–H and O–H groups in total. The molecule has 0 amide bonds. The first-order valence-electron chi connectivity index (χ1n) is 9.32. The van der Waals surface area contributed by atoms with Gasteiger partial charge in [-0.1, -0.05) is 18.2 Å². The van der Waals surface area contributed by atoms with Crippen LogP contribution in [0.1, 0.15) is 35.3 Å². The lowest BCUT2D eigenvalue weighted by molar-refractivity contribution is 0.141. The zero-order valence-electron chi connectivity index (χ0n) is 16.2. The van der Waals surface area contributed by atoms with Gasteiger partial charge < -0.3 is 15.3 Å². The molecule has 0 radical (unpaired) electrons. The molecule has 3 heterocycles. The lowest BCUT2D eigenvalue weighted by Crippen LogP contribution is -2.51. The summed E-state index contributed by atoms with van der Waals surface area (Å²) in [5.41, 5.74) is 4.69. The molecular formula is C21H25N5O. The fourth-order valence-corrected chi connectivity index (χ4v) is 3.61. The van der Waals surface area contributed by atoms with Crippen molar-refractivity contribution in [3.8, 4) is 0 Å². The van der Waals surface area contributed by atoms with Crippen LogP contribution in [0.3, 0.4) is 0 Å². The Morgan fingerprint density at radius 2 is 1.93 bits per heavy atom. The number of fused-ring (bicyclic) bond motifs is 1. The van der Waals surface area contributed by atoms with Crippen LogP contribution in [-0.4, -0.2) is 39.5 Å². The molecule has 0 aliphatic carbocycles. The summed E-state index contributed by atoms with van der Waals surface area (Å²) in [6.45, 7) is 9.62. The van der Waals surface area contributed by atoms with Crippen LogP contribution >= 0.6 is 0 Å². The second kappa shape index (κ2) is 6.78. The van der Waals surface area contributed by atoms with Crippen molar-refractivity contribution >= 4 is 22.4 Å². The fraction of sp³-hybridized carbons (Fsp3) is 0.381. The third-order valence-corrected chi connectivity index (χ3v) is 5.49. The summed E-state index contributed by atoms with van der Waals surface area (Å²) in [5.74, 6) is 1.62. The minimum Gasteiger partial charge on any atom is -0.389 e. The molecule has 1 atom stereocenters. The average Bonchev–Trinajstić information content (AvgIpc) is 2.63. The molecule has 27 heavy (non-hydrogen) atoms. The van der Waals surface area contributed by atoms with E-state index < -0.39 is 0 Å². The van der Waals surface area contributed by atoms with E-state index in [2.05, 4.69) is 64.4 Å². The van der Waals surface area contributed by atoms with Gasteiger partial charge in [-0.15, -0.1) is 5.10 Å². The van der Waals surface area contributed by atoms with E-state index >= 15 is 0 Å². The highest BCUT2D eigenvalue weighted by Crippen LogP contribution is 2.30. The van der Waals surface area contributed by atoms with Crippen LogP contribution in [0.5, 0.6) is 0 Å². The first-order valence-corrected chi connectivity index (χ1v) is 9.32. The topological polar surface area (TPSA) is 74.2 Å². The summed E-state index contributed by atoms with van der Waals surface area (Å²) < 4.78 is 0. The van der Waals surface area contributed by atoms with Crippen LogP contribution in [0, 0.1) is 20.8 Å². The van der Waals surface area contributed by atoms with Gasteiger partial charge in [-0.25, -0.2) is 4.98 Å². The smallest absolute Gasteiger partial charge is 0.157 e. The minimum absolute atomic E-state index is 0.104. The number of rotatable bonds is 4. The highest BCUT2D eigenvalue weighted by Gasteiger charge is 2.26. The third kappa shape index (κ3) is 3.21. The maximum absolute atomic E-state index is 9.58. The van der Waals surface area contributed by atoms with Gasteiger partial charge in [0.2, 0.25) is 0 Å². The van der Waals surface area contributed by atoms with Crippen LogP contribution in [0.2, 0.25) is 0 Å². The molecule has 0 saturated carbocycles. The Labute approximate surface area is 159 Å². The van der Waals surface area contributed by atoms with Crippen molar-refractivity contribution in [2.24, 2.45) is 0 Å². The van der Waals surface area contributed by atoms with Crippen LogP contribution in [0.4, 0.5) is 11.6 Å². The van der Waals surface area contributed by atoms with Crippen molar-refractivity contribution < 1.29 is 5.11 Å². The lowest BCUT2D eigenvalue weighted by Gasteiger charge is -2.36.